The predicted molar refractivity (Wildman–Crippen MR) is 77.7 cm³/mol. The van der Waals surface area contributed by atoms with Crippen LogP contribution in [0.5, 0.6) is 0 Å². The zero-order chi connectivity index (χ0) is 14.4. The molecule has 0 spiro atoms. The van der Waals surface area contributed by atoms with Crippen molar-refractivity contribution in [2.75, 3.05) is 0 Å². The van der Waals surface area contributed by atoms with Gasteiger partial charge in [-0.05, 0) is 6.92 Å². The standard InChI is InChI=1S/C15H21N3O/c1-6-8-13-12(10-16-15(19)11(3)4)17-14(9-7-2)18(13)5/h6-7H,1-3,8-10H2,4-5H3,(H,16,19). The molecule has 19 heavy (non-hydrogen) atoms. The van der Waals surface area contributed by atoms with Crippen molar-refractivity contribution in [3.63, 3.8) is 0 Å². The van der Waals surface area contributed by atoms with Gasteiger partial charge in [-0.25, -0.2) is 4.98 Å². The van der Waals surface area contributed by atoms with Crippen molar-refractivity contribution >= 4 is 5.91 Å². The molecular formula is C15H21N3O. The zero-order valence-corrected chi connectivity index (χ0v) is 11.7. The van der Waals surface area contributed by atoms with Gasteiger partial charge in [0.1, 0.15) is 5.82 Å². The van der Waals surface area contributed by atoms with Crippen LogP contribution in [-0.2, 0) is 31.2 Å². The number of allylic oxidation sites excluding steroid dienone is 2. The Kier molecular flexibility index (Phi) is 5.30. The number of rotatable bonds is 7. The van der Waals surface area contributed by atoms with Gasteiger partial charge in [-0.3, -0.25) is 4.79 Å². The molecule has 0 aliphatic rings. The summed E-state index contributed by atoms with van der Waals surface area (Å²) in [4.78, 5) is 16.1. The lowest BCUT2D eigenvalue weighted by Crippen LogP contribution is -2.23. The smallest absolute Gasteiger partial charge is 0.246 e. The van der Waals surface area contributed by atoms with E-state index in [-0.39, 0.29) is 5.91 Å². The second-order valence-electron chi connectivity index (χ2n) is 4.43. The van der Waals surface area contributed by atoms with Crippen LogP contribution in [-0.4, -0.2) is 15.5 Å². The molecule has 1 N–H and O–H groups in total. The second-order valence-corrected chi connectivity index (χ2v) is 4.43. The Labute approximate surface area is 114 Å². The first kappa shape index (κ1) is 15.0. The third-order valence-electron chi connectivity index (χ3n) is 2.86. The maximum Gasteiger partial charge on any atom is 0.246 e. The molecule has 0 bridgehead atoms. The first-order valence-corrected chi connectivity index (χ1v) is 6.20. The van der Waals surface area contributed by atoms with Gasteiger partial charge in [0.15, 0.2) is 0 Å². The summed E-state index contributed by atoms with van der Waals surface area (Å²) in [5, 5.41) is 2.81. The van der Waals surface area contributed by atoms with Crippen molar-refractivity contribution in [3.05, 3.63) is 54.7 Å². The molecule has 0 fully saturated rings. The minimum Gasteiger partial charge on any atom is -0.347 e. The first-order chi connectivity index (χ1) is 9.01. The van der Waals surface area contributed by atoms with E-state index in [1.165, 1.54) is 0 Å². The number of nitrogens with zero attached hydrogens (tertiary/aromatic N) is 2. The second kappa shape index (κ2) is 6.73. The summed E-state index contributed by atoms with van der Waals surface area (Å²) in [6.45, 7) is 13.2. The summed E-state index contributed by atoms with van der Waals surface area (Å²) in [7, 11) is 1.97. The molecule has 0 aliphatic heterocycles. The van der Waals surface area contributed by atoms with Crippen LogP contribution in [0.4, 0.5) is 0 Å². The number of carbonyl (C=O) groups excluding carboxylic acids is 1. The lowest BCUT2D eigenvalue weighted by molar-refractivity contribution is -0.117. The molecule has 0 aliphatic carbocycles. The van der Waals surface area contributed by atoms with Crippen molar-refractivity contribution in [1.29, 1.82) is 0 Å². The minimum absolute atomic E-state index is 0.152. The monoisotopic (exact) mass is 259 g/mol. The van der Waals surface area contributed by atoms with Crippen LogP contribution in [0.1, 0.15) is 24.1 Å². The Balaban J connectivity index is 2.94. The summed E-state index contributed by atoms with van der Waals surface area (Å²) >= 11 is 0. The molecule has 1 aromatic heterocycles. The van der Waals surface area contributed by atoms with E-state index in [1.54, 1.807) is 6.92 Å². The van der Waals surface area contributed by atoms with Crippen molar-refractivity contribution in [1.82, 2.24) is 14.9 Å². The molecule has 4 heteroatoms. The summed E-state index contributed by atoms with van der Waals surface area (Å²) in [6.07, 6.45) is 5.07. The quantitative estimate of drug-likeness (QED) is 0.602. The molecule has 4 nitrogen and oxygen atoms in total. The topological polar surface area (TPSA) is 46.9 Å². The Morgan fingerprint density at radius 2 is 2.00 bits per heavy atom. The van der Waals surface area contributed by atoms with Gasteiger partial charge in [-0.2, -0.15) is 0 Å². The maximum atomic E-state index is 11.5. The molecule has 0 aromatic carbocycles. The lowest BCUT2D eigenvalue weighted by atomic mass is 10.2. The highest BCUT2D eigenvalue weighted by molar-refractivity contribution is 5.91. The van der Waals surface area contributed by atoms with E-state index in [0.717, 1.165) is 23.6 Å². The van der Waals surface area contributed by atoms with Crippen LogP contribution in [0.3, 0.4) is 0 Å². The Morgan fingerprint density at radius 1 is 1.37 bits per heavy atom. The highest BCUT2D eigenvalue weighted by Gasteiger charge is 2.13. The number of amides is 1. The molecule has 1 amide bonds. The van der Waals surface area contributed by atoms with Gasteiger partial charge in [-0.1, -0.05) is 18.7 Å². The van der Waals surface area contributed by atoms with Gasteiger partial charge >= 0.3 is 0 Å². The summed E-state index contributed by atoms with van der Waals surface area (Å²) in [5.41, 5.74) is 2.43. The lowest BCUT2D eigenvalue weighted by Gasteiger charge is -2.06. The predicted octanol–water partition coefficient (Wildman–Crippen LogP) is 2.07. The largest absolute Gasteiger partial charge is 0.347 e. The summed E-state index contributed by atoms with van der Waals surface area (Å²) < 4.78 is 2.03. The molecule has 0 saturated heterocycles. The molecule has 102 valence electrons. The van der Waals surface area contributed by atoms with Crippen LogP contribution in [0.25, 0.3) is 0 Å². The fraction of sp³-hybridized carbons (Fsp3) is 0.333. The highest BCUT2D eigenvalue weighted by atomic mass is 16.1. The van der Waals surface area contributed by atoms with Gasteiger partial charge in [0.25, 0.3) is 0 Å². The zero-order valence-electron chi connectivity index (χ0n) is 11.7. The number of hydrogen-bond acceptors (Lipinski definition) is 2. The van der Waals surface area contributed by atoms with E-state index in [2.05, 4.69) is 30.0 Å². The van der Waals surface area contributed by atoms with Crippen LogP contribution in [0.15, 0.2) is 37.5 Å². The molecule has 1 rings (SSSR count). The number of hydrogen-bond donors (Lipinski definition) is 1. The van der Waals surface area contributed by atoms with Gasteiger partial charge < -0.3 is 9.88 Å². The minimum atomic E-state index is -0.152. The maximum absolute atomic E-state index is 11.5. The molecule has 0 atom stereocenters. The Hall–Kier alpha value is -2.10. The van der Waals surface area contributed by atoms with E-state index in [4.69, 9.17) is 0 Å². The average molecular weight is 259 g/mol. The van der Waals surface area contributed by atoms with E-state index in [9.17, 15) is 4.79 Å². The average Bonchev–Trinajstić information content (AvgIpc) is 2.65. The van der Waals surface area contributed by atoms with E-state index < -0.39 is 0 Å². The van der Waals surface area contributed by atoms with E-state index >= 15 is 0 Å². The van der Waals surface area contributed by atoms with Crippen molar-refractivity contribution < 1.29 is 4.79 Å². The van der Waals surface area contributed by atoms with Crippen LogP contribution in [0.2, 0.25) is 0 Å². The molecule has 1 aromatic rings. The van der Waals surface area contributed by atoms with Gasteiger partial charge in [0.05, 0.1) is 12.2 Å². The first-order valence-electron chi connectivity index (χ1n) is 6.20. The fourth-order valence-corrected chi connectivity index (χ4v) is 1.80. The van der Waals surface area contributed by atoms with Crippen LogP contribution < -0.4 is 5.32 Å². The van der Waals surface area contributed by atoms with Crippen LogP contribution >= 0.6 is 0 Å². The number of imidazole rings is 1. The van der Waals surface area contributed by atoms with Gasteiger partial charge in [0, 0.05) is 31.2 Å². The number of aromatic nitrogens is 2. The molecule has 1 heterocycles. The van der Waals surface area contributed by atoms with Crippen LogP contribution in [0, 0.1) is 0 Å². The molecule has 0 unspecified atom stereocenters. The summed E-state index contributed by atoms with van der Waals surface area (Å²) in [6, 6.07) is 0. The third kappa shape index (κ3) is 3.68. The molecular weight excluding hydrogens is 238 g/mol. The SMILES string of the molecule is C=CCc1nc(CNC(=O)C(=C)C)c(CC=C)n1C. The van der Waals surface area contributed by atoms with Crippen molar-refractivity contribution in [2.24, 2.45) is 7.05 Å². The summed E-state index contributed by atoms with van der Waals surface area (Å²) in [5.74, 6) is 0.784. The highest BCUT2D eigenvalue weighted by Crippen LogP contribution is 2.13. The van der Waals surface area contributed by atoms with Crippen molar-refractivity contribution in [2.45, 2.75) is 26.3 Å². The normalized spacial score (nSPS) is 10.0. The third-order valence-corrected chi connectivity index (χ3v) is 2.86. The number of carbonyl (C=O) groups is 1. The van der Waals surface area contributed by atoms with E-state index in [1.807, 2.05) is 23.8 Å². The molecule has 0 saturated carbocycles. The van der Waals surface area contributed by atoms with E-state index in [0.29, 0.717) is 18.5 Å². The number of nitrogens with one attached hydrogen (secondary N) is 1. The molecule has 0 radical (unpaired) electrons. The van der Waals surface area contributed by atoms with Gasteiger partial charge in [-0.15, -0.1) is 13.2 Å². The van der Waals surface area contributed by atoms with Gasteiger partial charge in [0.2, 0.25) is 5.91 Å². The van der Waals surface area contributed by atoms with Crippen molar-refractivity contribution in [3.8, 4) is 0 Å². The fourth-order valence-electron chi connectivity index (χ4n) is 1.80. The Morgan fingerprint density at radius 3 is 2.53 bits per heavy atom. The Bertz CT molecular complexity index is 512.